The minimum atomic E-state index is 0.372. The number of nitrogens with two attached hydrogens (primary N) is 1. The quantitative estimate of drug-likeness (QED) is 0.930. The van der Waals surface area contributed by atoms with E-state index in [0.29, 0.717) is 12.6 Å². The Hall–Kier alpha value is -1.39. The number of aryl methyl sites for hydroxylation is 1. The lowest BCUT2D eigenvalue weighted by Gasteiger charge is -2.24. The molecule has 2 aromatic rings. The number of rotatable bonds is 4. The SMILES string of the molecule is Cc1ccc2c(c1)nc(C(C)N1CCCC1)n2CCN. The topological polar surface area (TPSA) is 47.1 Å². The van der Waals surface area contributed by atoms with E-state index in [2.05, 4.69) is 41.5 Å². The number of nitrogens with zero attached hydrogens (tertiary/aromatic N) is 3. The molecule has 108 valence electrons. The molecule has 0 bridgehead atoms. The molecule has 4 nitrogen and oxygen atoms in total. The highest BCUT2D eigenvalue weighted by atomic mass is 15.2. The minimum Gasteiger partial charge on any atom is -0.329 e. The van der Waals surface area contributed by atoms with Gasteiger partial charge < -0.3 is 10.3 Å². The van der Waals surface area contributed by atoms with Crippen LogP contribution in [0.4, 0.5) is 0 Å². The number of hydrogen-bond donors (Lipinski definition) is 1. The molecule has 2 N–H and O–H groups in total. The highest BCUT2D eigenvalue weighted by Gasteiger charge is 2.24. The van der Waals surface area contributed by atoms with Crippen LogP contribution in [-0.2, 0) is 6.54 Å². The maximum Gasteiger partial charge on any atom is 0.127 e. The first-order valence-electron chi connectivity index (χ1n) is 7.61. The van der Waals surface area contributed by atoms with E-state index in [1.807, 2.05) is 0 Å². The zero-order valence-electron chi connectivity index (χ0n) is 12.5. The number of hydrogen-bond acceptors (Lipinski definition) is 3. The van der Waals surface area contributed by atoms with E-state index in [9.17, 15) is 0 Å². The standard InChI is InChI=1S/C16H24N4/c1-12-5-6-15-14(11-12)18-16(20(15)10-7-17)13(2)19-8-3-4-9-19/h5-6,11,13H,3-4,7-10,17H2,1-2H3. The lowest BCUT2D eigenvalue weighted by Crippen LogP contribution is -2.26. The lowest BCUT2D eigenvalue weighted by atomic mass is 10.2. The van der Waals surface area contributed by atoms with Crippen LogP contribution >= 0.6 is 0 Å². The van der Waals surface area contributed by atoms with Crippen LogP contribution in [0.1, 0.15) is 37.2 Å². The van der Waals surface area contributed by atoms with Gasteiger partial charge in [-0.05, 0) is 57.5 Å². The van der Waals surface area contributed by atoms with E-state index in [1.54, 1.807) is 0 Å². The van der Waals surface area contributed by atoms with E-state index in [4.69, 9.17) is 10.7 Å². The molecule has 1 aromatic heterocycles. The molecule has 1 fully saturated rings. The molecule has 1 atom stereocenters. The maximum atomic E-state index is 5.80. The van der Waals surface area contributed by atoms with Crippen LogP contribution in [0, 0.1) is 6.92 Å². The second-order valence-electron chi connectivity index (χ2n) is 5.82. The fourth-order valence-corrected chi connectivity index (χ4v) is 3.23. The molecule has 20 heavy (non-hydrogen) atoms. The molecule has 2 heterocycles. The van der Waals surface area contributed by atoms with Gasteiger partial charge in [-0.1, -0.05) is 6.07 Å². The van der Waals surface area contributed by atoms with Gasteiger partial charge in [0.25, 0.3) is 0 Å². The monoisotopic (exact) mass is 272 g/mol. The summed E-state index contributed by atoms with van der Waals surface area (Å²) in [6, 6.07) is 6.87. The van der Waals surface area contributed by atoms with Crippen molar-refractivity contribution in [3.05, 3.63) is 29.6 Å². The molecule has 1 saturated heterocycles. The Morgan fingerprint density at radius 1 is 1.30 bits per heavy atom. The highest BCUT2D eigenvalue weighted by molar-refractivity contribution is 5.77. The Morgan fingerprint density at radius 3 is 2.75 bits per heavy atom. The van der Waals surface area contributed by atoms with E-state index in [-0.39, 0.29) is 0 Å². The van der Waals surface area contributed by atoms with Gasteiger partial charge in [-0.25, -0.2) is 4.98 Å². The van der Waals surface area contributed by atoms with E-state index >= 15 is 0 Å². The number of benzene rings is 1. The summed E-state index contributed by atoms with van der Waals surface area (Å²) >= 11 is 0. The van der Waals surface area contributed by atoms with Gasteiger partial charge in [0.1, 0.15) is 5.82 Å². The Kier molecular flexibility index (Phi) is 3.76. The zero-order chi connectivity index (χ0) is 14.1. The van der Waals surface area contributed by atoms with Crippen molar-refractivity contribution in [2.75, 3.05) is 19.6 Å². The van der Waals surface area contributed by atoms with Crippen LogP contribution in [0.3, 0.4) is 0 Å². The predicted molar refractivity (Wildman–Crippen MR) is 82.7 cm³/mol. The maximum absolute atomic E-state index is 5.80. The molecule has 1 unspecified atom stereocenters. The summed E-state index contributed by atoms with van der Waals surface area (Å²) in [6.45, 7) is 8.25. The normalized spacial score (nSPS) is 17.9. The number of aromatic nitrogens is 2. The van der Waals surface area contributed by atoms with Crippen LogP contribution in [0.5, 0.6) is 0 Å². The van der Waals surface area contributed by atoms with Gasteiger partial charge in [-0.3, -0.25) is 4.90 Å². The van der Waals surface area contributed by atoms with Crippen LogP contribution in [0.15, 0.2) is 18.2 Å². The third-order valence-corrected chi connectivity index (χ3v) is 4.35. The molecule has 0 radical (unpaired) electrons. The molecular weight excluding hydrogens is 248 g/mol. The van der Waals surface area contributed by atoms with Crippen molar-refractivity contribution < 1.29 is 0 Å². The smallest absolute Gasteiger partial charge is 0.127 e. The summed E-state index contributed by atoms with van der Waals surface area (Å²) in [7, 11) is 0. The predicted octanol–water partition coefficient (Wildman–Crippen LogP) is 2.46. The summed E-state index contributed by atoms with van der Waals surface area (Å²) < 4.78 is 2.30. The first-order valence-corrected chi connectivity index (χ1v) is 7.61. The number of imidazole rings is 1. The van der Waals surface area contributed by atoms with Gasteiger partial charge in [0, 0.05) is 13.1 Å². The van der Waals surface area contributed by atoms with Crippen molar-refractivity contribution in [3.63, 3.8) is 0 Å². The highest BCUT2D eigenvalue weighted by Crippen LogP contribution is 2.27. The second kappa shape index (κ2) is 5.54. The molecule has 0 aliphatic carbocycles. The van der Waals surface area contributed by atoms with Gasteiger partial charge in [-0.15, -0.1) is 0 Å². The zero-order valence-corrected chi connectivity index (χ0v) is 12.5. The van der Waals surface area contributed by atoms with Crippen molar-refractivity contribution in [3.8, 4) is 0 Å². The average Bonchev–Trinajstić information content (AvgIpc) is 3.06. The minimum absolute atomic E-state index is 0.372. The molecule has 4 heteroatoms. The molecular formula is C16H24N4. The fraction of sp³-hybridized carbons (Fsp3) is 0.562. The fourth-order valence-electron chi connectivity index (χ4n) is 3.23. The number of fused-ring (bicyclic) bond motifs is 1. The third kappa shape index (κ3) is 2.34. The first kappa shape index (κ1) is 13.6. The Bertz CT molecular complexity index is 596. The van der Waals surface area contributed by atoms with Crippen molar-refractivity contribution in [1.82, 2.24) is 14.5 Å². The van der Waals surface area contributed by atoms with Crippen molar-refractivity contribution in [2.45, 2.75) is 39.3 Å². The van der Waals surface area contributed by atoms with Gasteiger partial charge in [-0.2, -0.15) is 0 Å². The molecule has 0 spiro atoms. The van der Waals surface area contributed by atoms with Gasteiger partial charge >= 0.3 is 0 Å². The van der Waals surface area contributed by atoms with E-state index in [0.717, 1.165) is 17.9 Å². The van der Waals surface area contributed by atoms with Crippen molar-refractivity contribution >= 4 is 11.0 Å². The van der Waals surface area contributed by atoms with Crippen LogP contribution in [-0.4, -0.2) is 34.1 Å². The lowest BCUT2D eigenvalue weighted by molar-refractivity contribution is 0.248. The molecule has 3 rings (SSSR count). The molecule has 0 saturated carbocycles. The first-order chi connectivity index (χ1) is 9.70. The number of likely N-dealkylation sites (tertiary alicyclic amines) is 1. The summed E-state index contributed by atoms with van der Waals surface area (Å²) in [5, 5.41) is 0. The summed E-state index contributed by atoms with van der Waals surface area (Å²) in [5.74, 6) is 1.16. The summed E-state index contributed by atoms with van der Waals surface area (Å²) in [5.41, 5.74) is 9.37. The van der Waals surface area contributed by atoms with Crippen molar-refractivity contribution in [2.24, 2.45) is 5.73 Å². The third-order valence-electron chi connectivity index (χ3n) is 4.35. The Balaban J connectivity index is 2.05. The van der Waals surface area contributed by atoms with Gasteiger partial charge in [0.15, 0.2) is 0 Å². The average molecular weight is 272 g/mol. The van der Waals surface area contributed by atoms with Gasteiger partial charge in [0.2, 0.25) is 0 Å². The van der Waals surface area contributed by atoms with Gasteiger partial charge in [0.05, 0.1) is 17.1 Å². The second-order valence-corrected chi connectivity index (χ2v) is 5.82. The Morgan fingerprint density at radius 2 is 2.05 bits per heavy atom. The Labute approximate surface area is 120 Å². The van der Waals surface area contributed by atoms with E-state index in [1.165, 1.54) is 37.0 Å². The molecule has 1 aromatic carbocycles. The molecule has 1 aliphatic heterocycles. The summed E-state index contributed by atoms with van der Waals surface area (Å²) in [4.78, 5) is 7.43. The van der Waals surface area contributed by atoms with Crippen molar-refractivity contribution in [1.29, 1.82) is 0 Å². The van der Waals surface area contributed by atoms with Crippen LogP contribution in [0.2, 0.25) is 0 Å². The largest absolute Gasteiger partial charge is 0.329 e. The molecule has 0 amide bonds. The van der Waals surface area contributed by atoms with Crippen LogP contribution < -0.4 is 5.73 Å². The summed E-state index contributed by atoms with van der Waals surface area (Å²) in [6.07, 6.45) is 2.61. The van der Waals surface area contributed by atoms with E-state index < -0.39 is 0 Å². The molecule has 1 aliphatic rings. The van der Waals surface area contributed by atoms with Crippen LogP contribution in [0.25, 0.3) is 11.0 Å².